The lowest BCUT2D eigenvalue weighted by Crippen LogP contribution is -2.46. The number of nitrogens with zero attached hydrogens (tertiary/aromatic N) is 1. The molecule has 0 aromatic heterocycles. The molecule has 13 heavy (non-hydrogen) atoms. The first-order valence-electron chi connectivity index (χ1n) is 5.70. The van der Waals surface area contributed by atoms with E-state index in [1.165, 1.54) is 32.2 Å². The third-order valence-corrected chi connectivity index (χ3v) is 3.47. The molecule has 0 aliphatic heterocycles. The van der Waals surface area contributed by atoms with Gasteiger partial charge in [-0.05, 0) is 45.4 Å². The standard InChI is InChI=1S/C11H22N2/c1-8(12)9(2)13(11-5-6-11)7-10-3-4-10/h8-11H,3-7,12H2,1-2H3. The summed E-state index contributed by atoms with van der Waals surface area (Å²) in [7, 11) is 0. The molecule has 0 heterocycles. The van der Waals surface area contributed by atoms with Crippen LogP contribution in [0.5, 0.6) is 0 Å². The van der Waals surface area contributed by atoms with Crippen LogP contribution in [-0.4, -0.2) is 29.6 Å². The van der Waals surface area contributed by atoms with Crippen LogP contribution in [0.15, 0.2) is 0 Å². The third-order valence-electron chi connectivity index (χ3n) is 3.47. The Kier molecular flexibility index (Phi) is 2.61. The number of nitrogens with two attached hydrogens (primary N) is 1. The van der Waals surface area contributed by atoms with Crippen molar-refractivity contribution in [2.24, 2.45) is 11.7 Å². The van der Waals surface area contributed by atoms with E-state index in [-0.39, 0.29) is 0 Å². The Balaban J connectivity index is 1.86. The maximum absolute atomic E-state index is 5.96. The average molecular weight is 182 g/mol. The molecule has 2 fully saturated rings. The Hall–Kier alpha value is -0.0800. The summed E-state index contributed by atoms with van der Waals surface area (Å²) in [5, 5.41) is 0. The molecule has 0 radical (unpaired) electrons. The highest BCUT2D eigenvalue weighted by Crippen LogP contribution is 2.36. The molecule has 0 saturated heterocycles. The lowest BCUT2D eigenvalue weighted by molar-refractivity contribution is 0.171. The Labute approximate surface area is 81.5 Å². The second-order valence-electron chi connectivity index (χ2n) is 4.97. The van der Waals surface area contributed by atoms with Crippen molar-refractivity contribution in [1.29, 1.82) is 0 Å². The van der Waals surface area contributed by atoms with Gasteiger partial charge in [0.25, 0.3) is 0 Å². The number of hydrogen-bond donors (Lipinski definition) is 1. The molecule has 2 unspecified atom stereocenters. The quantitative estimate of drug-likeness (QED) is 0.699. The van der Waals surface area contributed by atoms with Crippen LogP contribution in [0.2, 0.25) is 0 Å². The van der Waals surface area contributed by atoms with E-state index < -0.39 is 0 Å². The molecule has 0 amide bonds. The molecule has 2 aliphatic carbocycles. The van der Waals surface area contributed by atoms with Crippen LogP contribution in [-0.2, 0) is 0 Å². The smallest absolute Gasteiger partial charge is 0.0219 e. The zero-order chi connectivity index (χ0) is 9.42. The Morgan fingerprint density at radius 2 is 1.85 bits per heavy atom. The molecular weight excluding hydrogens is 160 g/mol. The predicted octanol–water partition coefficient (Wildman–Crippen LogP) is 1.60. The van der Waals surface area contributed by atoms with Gasteiger partial charge in [-0.25, -0.2) is 0 Å². The highest BCUT2D eigenvalue weighted by Gasteiger charge is 2.36. The zero-order valence-corrected chi connectivity index (χ0v) is 8.87. The van der Waals surface area contributed by atoms with Gasteiger partial charge in [0.05, 0.1) is 0 Å². The van der Waals surface area contributed by atoms with Crippen LogP contribution in [0.4, 0.5) is 0 Å². The number of hydrogen-bond acceptors (Lipinski definition) is 2. The van der Waals surface area contributed by atoms with Gasteiger partial charge in [0.2, 0.25) is 0 Å². The largest absolute Gasteiger partial charge is 0.327 e. The van der Waals surface area contributed by atoms with Crippen molar-refractivity contribution in [3.63, 3.8) is 0 Å². The van der Waals surface area contributed by atoms with Gasteiger partial charge in [0.1, 0.15) is 0 Å². The fourth-order valence-corrected chi connectivity index (χ4v) is 1.95. The van der Waals surface area contributed by atoms with Gasteiger partial charge in [0, 0.05) is 24.7 Å². The van der Waals surface area contributed by atoms with Crippen molar-refractivity contribution in [1.82, 2.24) is 4.90 Å². The Bertz CT molecular complexity index is 171. The molecule has 0 aromatic carbocycles. The molecule has 2 heteroatoms. The molecule has 2 atom stereocenters. The lowest BCUT2D eigenvalue weighted by Gasteiger charge is -2.31. The van der Waals surface area contributed by atoms with Crippen LogP contribution >= 0.6 is 0 Å². The lowest BCUT2D eigenvalue weighted by atomic mass is 10.1. The van der Waals surface area contributed by atoms with E-state index in [0.29, 0.717) is 12.1 Å². The van der Waals surface area contributed by atoms with E-state index in [2.05, 4.69) is 18.7 Å². The summed E-state index contributed by atoms with van der Waals surface area (Å²) in [5.74, 6) is 1.00. The Morgan fingerprint density at radius 1 is 1.23 bits per heavy atom. The van der Waals surface area contributed by atoms with E-state index in [0.717, 1.165) is 12.0 Å². The second kappa shape index (κ2) is 3.58. The first-order valence-corrected chi connectivity index (χ1v) is 5.70. The zero-order valence-electron chi connectivity index (χ0n) is 8.87. The fourth-order valence-electron chi connectivity index (χ4n) is 1.95. The van der Waals surface area contributed by atoms with Crippen molar-refractivity contribution >= 4 is 0 Å². The van der Waals surface area contributed by atoms with Gasteiger partial charge >= 0.3 is 0 Å². The van der Waals surface area contributed by atoms with Crippen molar-refractivity contribution < 1.29 is 0 Å². The normalized spacial score (nSPS) is 27.7. The van der Waals surface area contributed by atoms with E-state index in [9.17, 15) is 0 Å². The minimum absolute atomic E-state index is 0.319. The van der Waals surface area contributed by atoms with Gasteiger partial charge < -0.3 is 5.73 Å². The van der Waals surface area contributed by atoms with Crippen molar-refractivity contribution in [3.8, 4) is 0 Å². The molecule has 2 saturated carbocycles. The van der Waals surface area contributed by atoms with Crippen molar-refractivity contribution in [2.45, 2.75) is 57.7 Å². The van der Waals surface area contributed by atoms with Gasteiger partial charge in [-0.3, -0.25) is 4.90 Å². The molecule has 0 aromatic rings. The van der Waals surface area contributed by atoms with Gasteiger partial charge in [0.15, 0.2) is 0 Å². The summed E-state index contributed by atoms with van der Waals surface area (Å²) < 4.78 is 0. The summed E-state index contributed by atoms with van der Waals surface area (Å²) in [6.45, 7) is 5.73. The van der Waals surface area contributed by atoms with E-state index in [1.54, 1.807) is 0 Å². The van der Waals surface area contributed by atoms with E-state index in [1.807, 2.05) is 0 Å². The second-order valence-corrected chi connectivity index (χ2v) is 4.97. The first kappa shape index (κ1) is 9.47. The summed E-state index contributed by atoms with van der Waals surface area (Å²) >= 11 is 0. The molecule has 2 nitrogen and oxygen atoms in total. The summed E-state index contributed by atoms with van der Waals surface area (Å²) in [4.78, 5) is 2.66. The molecule has 2 N–H and O–H groups in total. The van der Waals surface area contributed by atoms with E-state index >= 15 is 0 Å². The molecule has 0 bridgehead atoms. The highest BCUT2D eigenvalue weighted by atomic mass is 15.2. The van der Waals surface area contributed by atoms with Crippen molar-refractivity contribution in [2.75, 3.05) is 6.54 Å². The molecule has 2 rings (SSSR count). The molecule has 76 valence electrons. The SMILES string of the molecule is CC(N)C(C)N(CC1CC1)C1CC1. The van der Waals surface area contributed by atoms with Crippen molar-refractivity contribution in [3.05, 3.63) is 0 Å². The Morgan fingerprint density at radius 3 is 2.23 bits per heavy atom. The van der Waals surface area contributed by atoms with Crippen LogP contribution in [0.1, 0.15) is 39.5 Å². The maximum atomic E-state index is 5.96. The van der Waals surface area contributed by atoms with E-state index in [4.69, 9.17) is 5.73 Å². The third kappa shape index (κ3) is 2.44. The minimum atomic E-state index is 0.319. The van der Waals surface area contributed by atoms with Gasteiger partial charge in [-0.1, -0.05) is 0 Å². The van der Waals surface area contributed by atoms with Crippen LogP contribution in [0.3, 0.4) is 0 Å². The first-order chi connectivity index (χ1) is 6.18. The maximum Gasteiger partial charge on any atom is 0.0219 e. The van der Waals surface area contributed by atoms with Gasteiger partial charge in [-0.2, -0.15) is 0 Å². The van der Waals surface area contributed by atoms with Crippen LogP contribution in [0.25, 0.3) is 0 Å². The summed E-state index contributed by atoms with van der Waals surface area (Å²) in [6.07, 6.45) is 5.72. The number of rotatable bonds is 5. The summed E-state index contributed by atoms with van der Waals surface area (Å²) in [6, 6.07) is 1.77. The fraction of sp³-hybridized carbons (Fsp3) is 1.00. The van der Waals surface area contributed by atoms with Crippen LogP contribution in [0, 0.1) is 5.92 Å². The van der Waals surface area contributed by atoms with Crippen LogP contribution < -0.4 is 5.73 Å². The highest BCUT2D eigenvalue weighted by molar-refractivity contribution is 4.92. The van der Waals surface area contributed by atoms with Gasteiger partial charge in [-0.15, -0.1) is 0 Å². The molecule has 0 spiro atoms. The summed E-state index contributed by atoms with van der Waals surface area (Å²) in [5.41, 5.74) is 5.96. The monoisotopic (exact) mass is 182 g/mol. The topological polar surface area (TPSA) is 29.3 Å². The molecular formula is C11H22N2. The molecule has 2 aliphatic rings. The average Bonchev–Trinajstić information content (AvgIpc) is 2.90. The predicted molar refractivity (Wildman–Crippen MR) is 55.6 cm³/mol. The minimum Gasteiger partial charge on any atom is -0.327 e.